The fourth-order valence-corrected chi connectivity index (χ4v) is 3.77. The second kappa shape index (κ2) is 4.32. The minimum absolute atomic E-state index is 0.143. The van der Waals surface area contributed by atoms with Gasteiger partial charge in [-0.15, -0.1) is 0 Å². The summed E-state index contributed by atoms with van der Waals surface area (Å²) < 4.78 is 0. The average molecular weight is 292 g/mol. The molecule has 0 saturated carbocycles. The first-order valence-corrected chi connectivity index (χ1v) is 7.67. The topological polar surface area (TPSA) is 67.1 Å². The summed E-state index contributed by atoms with van der Waals surface area (Å²) in [5.41, 5.74) is 6.65. The van der Waals surface area contributed by atoms with E-state index in [0.29, 0.717) is 0 Å². The Morgan fingerprint density at radius 2 is 2.00 bits per heavy atom. The fraction of sp³-hybridized carbons (Fsp3) is 0.333. The van der Waals surface area contributed by atoms with Gasteiger partial charge in [-0.25, -0.2) is 0 Å². The molecule has 112 valence electrons. The smallest absolute Gasteiger partial charge is 0.0717 e. The molecule has 0 atom stereocenters. The van der Waals surface area contributed by atoms with Crippen molar-refractivity contribution in [2.45, 2.75) is 33.6 Å². The summed E-state index contributed by atoms with van der Waals surface area (Å²) in [6.45, 7) is 6.57. The Morgan fingerprint density at radius 3 is 2.77 bits per heavy atom. The Morgan fingerprint density at radius 1 is 1.23 bits per heavy atom. The van der Waals surface area contributed by atoms with Crippen LogP contribution in [-0.2, 0) is 6.42 Å². The molecule has 0 fully saturated rings. The van der Waals surface area contributed by atoms with Crippen molar-refractivity contribution in [3.8, 4) is 0 Å². The van der Waals surface area contributed by atoms with Crippen molar-refractivity contribution < 1.29 is 0 Å². The second-order valence-electron chi connectivity index (χ2n) is 7.03. The highest BCUT2D eigenvalue weighted by atomic mass is 15.1. The minimum atomic E-state index is 0.143. The third kappa shape index (κ3) is 1.76. The predicted molar refractivity (Wildman–Crippen MR) is 91.2 cm³/mol. The number of pyridine rings is 1. The number of rotatable bonds is 0. The van der Waals surface area contributed by atoms with E-state index in [2.05, 4.69) is 49.1 Å². The van der Waals surface area contributed by atoms with Gasteiger partial charge >= 0.3 is 0 Å². The van der Waals surface area contributed by atoms with Crippen LogP contribution in [0, 0.1) is 12.3 Å². The fourth-order valence-electron chi connectivity index (χ4n) is 3.77. The zero-order chi connectivity index (χ0) is 15.5. The number of aryl methyl sites for hydroxylation is 1. The molecule has 1 aromatic carbocycles. The van der Waals surface area contributed by atoms with Crippen LogP contribution < -0.4 is 5.84 Å². The van der Waals surface area contributed by atoms with Crippen LogP contribution in [0.4, 0.5) is 0 Å². The zero-order valence-electron chi connectivity index (χ0n) is 13.2. The molecule has 4 rings (SSSR count). The molecule has 0 radical (unpaired) electrons. The first-order valence-electron chi connectivity index (χ1n) is 7.67. The van der Waals surface area contributed by atoms with Crippen molar-refractivity contribution in [1.82, 2.24) is 9.97 Å². The summed E-state index contributed by atoms with van der Waals surface area (Å²) in [6, 6.07) is 8.36. The lowest BCUT2D eigenvalue weighted by Gasteiger charge is -2.31. The van der Waals surface area contributed by atoms with Gasteiger partial charge in [0.15, 0.2) is 0 Å². The molecule has 0 amide bonds. The molecular weight excluding hydrogens is 272 g/mol. The van der Waals surface area contributed by atoms with Crippen molar-refractivity contribution in [1.29, 1.82) is 0 Å². The lowest BCUT2D eigenvalue weighted by molar-refractivity contribution is 0.367. The van der Waals surface area contributed by atoms with E-state index in [1.165, 1.54) is 10.8 Å². The van der Waals surface area contributed by atoms with E-state index in [1.807, 2.05) is 6.07 Å². The predicted octanol–water partition coefficient (Wildman–Crippen LogP) is 3.66. The van der Waals surface area contributed by atoms with Crippen LogP contribution in [0.5, 0.6) is 0 Å². The normalized spacial score (nSPS) is 19.0. The van der Waals surface area contributed by atoms with Gasteiger partial charge in [0.1, 0.15) is 0 Å². The number of nitrogens with zero attached hydrogens (tertiary/aromatic N) is 2. The molecule has 22 heavy (non-hydrogen) atoms. The number of nitrogens with two attached hydrogens (primary N) is 1. The van der Waals surface area contributed by atoms with Gasteiger partial charge in [-0.3, -0.25) is 4.98 Å². The summed E-state index contributed by atoms with van der Waals surface area (Å²) in [7, 11) is 0. The Bertz CT molecular complexity index is 931. The molecule has 2 heterocycles. The van der Waals surface area contributed by atoms with Gasteiger partial charge in [0.05, 0.1) is 16.9 Å². The Balaban J connectivity index is 2.16. The largest absolute Gasteiger partial charge is 0.354 e. The number of para-hydroxylation sites is 1. The maximum Gasteiger partial charge on any atom is 0.0717 e. The van der Waals surface area contributed by atoms with Crippen LogP contribution in [-0.4, -0.2) is 15.7 Å². The summed E-state index contributed by atoms with van der Waals surface area (Å²) in [6.07, 6.45) is 1.83. The molecule has 4 heteroatoms. The van der Waals surface area contributed by atoms with E-state index in [1.54, 1.807) is 0 Å². The number of benzene rings is 1. The maximum absolute atomic E-state index is 5.71. The maximum atomic E-state index is 5.71. The van der Waals surface area contributed by atoms with E-state index in [0.717, 1.165) is 46.5 Å². The monoisotopic (exact) mass is 292 g/mol. The van der Waals surface area contributed by atoms with E-state index in [4.69, 9.17) is 10.8 Å². The lowest BCUT2D eigenvalue weighted by atomic mass is 9.74. The number of fused-ring (bicyclic) bond motifs is 5. The number of aromatic amines is 1. The number of hydrazone groups is 1. The van der Waals surface area contributed by atoms with Crippen molar-refractivity contribution in [2.75, 3.05) is 0 Å². The van der Waals surface area contributed by atoms with Crippen molar-refractivity contribution in [3.05, 3.63) is 41.2 Å². The second-order valence-corrected chi connectivity index (χ2v) is 7.03. The highest BCUT2D eigenvalue weighted by Gasteiger charge is 2.33. The molecule has 0 saturated heterocycles. The number of hydrogen-bond acceptors (Lipinski definition) is 3. The Hall–Kier alpha value is -2.36. The van der Waals surface area contributed by atoms with Gasteiger partial charge in [-0.05, 0) is 31.2 Å². The SMILES string of the molecule is Cc1nc2c(c3[nH]c4ccccc4c13)/C(=N/N)CC(C)(C)C2. The molecule has 3 N–H and O–H groups in total. The third-order valence-corrected chi connectivity index (χ3v) is 4.65. The van der Waals surface area contributed by atoms with E-state index < -0.39 is 0 Å². The van der Waals surface area contributed by atoms with Gasteiger partial charge in [-0.1, -0.05) is 32.0 Å². The summed E-state index contributed by atoms with van der Waals surface area (Å²) in [5, 5.41) is 6.50. The summed E-state index contributed by atoms with van der Waals surface area (Å²) >= 11 is 0. The molecule has 1 aliphatic rings. The van der Waals surface area contributed by atoms with Crippen LogP contribution in [0.15, 0.2) is 29.4 Å². The van der Waals surface area contributed by atoms with E-state index >= 15 is 0 Å². The minimum Gasteiger partial charge on any atom is -0.354 e. The highest BCUT2D eigenvalue weighted by molar-refractivity contribution is 6.18. The van der Waals surface area contributed by atoms with Crippen molar-refractivity contribution in [3.63, 3.8) is 0 Å². The Kier molecular flexibility index (Phi) is 2.61. The number of aromatic nitrogens is 2. The number of H-pyrrole nitrogens is 1. The molecule has 0 bridgehead atoms. The van der Waals surface area contributed by atoms with Crippen LogP contribution in [0.2, 0.25) is 0 Å². The van der Waals surface area contributed by atoms with Gasteiger partial charge in [0, 0.05) is 27.5 Å². The van der Waals surface area contributed by atoms with Crippen LogP contribution >= 0.6 is 0 Å². The highest BCUT2D eigenvalue weighted by Crippen LogP contribution is 2.39. The molecule has 0 unspecified atom stereocenters. The van der Waals surface area contributed by atoms with E-state index in [-0.39, 0.29) is 5.41 Å². The van der Waals surface area contributed by atoms with Crippen LogP contribution in [0.3, 0.4) is 0 Å². The molecular formula is C18H20N4. The lowest BCUT2D eigenvalue weighted by Crippen LogP contribution is -2.29. The van der Waals surface area contributed by atoms with Crippen LogP contribution in [0.25, 0.3) is 21.8 Å². The molecule has 1 aliphatic carbocycles. The van der Waals surface area contributed by atoms with E-state index in [9.17, 15) is 0 Å². The van der Waals surface area contributed by atoms with Gasteiger partial charge in [0.25, 0.3) is 0 Å². The van der Waals surface area contributed by atoms with Gasteiger partial charge < -0.3 is 10.8 Å². The standard InChI is InChI=1S/C18H20N4/c1-10-15-11-6-4-5-7-12(11)21-17(15)16-13(20-10)8-18(2,3)9-14(16)22-19/h4-7,21H,8-9,19H2,1-3H3/b22-14+. The molecule has 3 aromatic rings. The third-order valence-electron chi connectivity index (χ3n) is 4.65. The molecule has 2 aromatic heterocycles. The van der Waals surface area contributed by atoms with Crippen LogP contribution in [0.1, 0.15) is 37.2 Å². The number of nitrogens with one attached hydrogen (secondary N) is 1. The Labute approximate surface area is 129 Å². The first-order chi connectivity index (χ1) is 10.5. The van der Waals surface area contributed by atoms with Gasteiger partial charge in [0.2, 0.25) is 0 Å². The molecule has 4 nitrogen and oxygen atoms in total. The molecule has 0 aliphatic heterocycles. The van der Waals surface area contributed by atoms with Gasteiger partial charge in [-0.2, -0.15) is 5.10 Å². The van der Waals surface area contributed by atoms with Crippen molar-refractivity contribution in [2.24, 2.45) is 16.4 Å². The first kappa shape index (κ1) is 13.3. The zero-order valence-corrected chi connectivity index (χ0v) is 13.2. The number of hydrogen-bond donors (Lipinski definition) is 2. The average Bonchev–Trinajstić information content (AvgIpc) is 2.84. The van der Waals surface area contributed by atoms with Crippen molar-refractivity contribution >= 4 is 27.5 Å². The summed E-state index contributed by atoms with van der Waals surface area (Å²) in [4.78, 5) is 8.46. The quantitative estimate of drug-likeness (QED) is 0.490. The summed E-state index contributed by atoms with van der Waals surface area (Å²) in [5.74, 6) is 5.71. The molecule has 0 spiro atoms.